The van der Waals surface area contributed by atoms with E-state index < -0.39 is 0 Å². The second-order valence-corrected chi connectivity index (χ2v) is 4.86. The average molecular weight is 233 g/mol. The van der Waals surface area contributed by atoms with Crippen molar-refractivity contribution in [3.05, 3.63) is 29.7 Å². The summed E-state index contributed by atoms with van der Waals surface area (Å²) in [5.41, 5.74) is 1.43. The monoisotopic (exact) mass is 233 g/mol. The molecule has 0 aromatic carbocycles. The van der Waals surface area contributed by atoms with E-state index in [0.29, 0.717) is 11.4 Å². The van der Waals surface area contributed by atoms with Gasteiger partial charge >= 0.3 is 0 Å². The van der Waals surface area contributed by atoms with E-state index in [1.165, 1.54) is 12.4 Å². The Morgan fingerprint density at radius 3 is 2.71 bits per heavy atom. The number of nitrogens with one attached hydrogen (secondary N) is 3. The van der Waals surface area contributed by atoms with Crippen LogP contribution < -0.4 is 5.32 Å². The Kier molecular flexibility index (Phi) is 2.71. The molecule has 2 aromatic rings. The number of nitrogens with zero attached hydrogens (tertiary/aromatic N) is 2. The second kappa shape index (κ2) is 4.04. The first-order valence-electron chi connectivity index (χ1n) is 5.33. The largest absolute Gasteiger partial charge is 0.305 e. The molecule has 0 aliphatic rings. The van der Waals surface area contributed by atoms with Crippen LogP contribution in [0, 0.1) is 0 Å². The molecule has 2 aromatic heterocycles. The lowest BCUT2D eigenvalue weighted by Crippen LogP contribution is -2.12. The van der Waals surface area contributed by atoms with Crippen molar-refractivity contribution in [3.8, 4) is 0 Å². The number of rotatable bonds is 2. The molecular weight excluding hydrogens is 218 g/mol. The fourth-order valence-electron chi connectivity index (χ4n) is 1.33. The van der Waals surface area contributed by atoms with Crippen LogP contribution >= 0.6 is 0 Å². The molecule has 0 fully saturated rings. The van der Waals surface area contributed by atoms with Gasteiger partial charge in [0, 0.05) is 23.4 Å². The van der Waals surface area contributed by atoms with E-state index in [-0.39, 0.29) is 11.3 Å². The van der Waals surface area contributed by atoms with E-state index >= 15 is 0 Å². The molecule has 0 saturated heterocycles. The summed E-state index contributed by atoms with van der Waals surface area (Å²) in [6.07, 6.45) is 3.00. The van der Waals surface area contributed by atoms with Crippen LogP contribution in [0.1, 0.15) is 36.8 Å². The smallest absolute Gasteiger partial charge is 0.260 e. The van der Waals surface area contributed by atoms with Crippen LogP contribution in [-0.2, 0) is 5.41 Å². The highest BCUT2D eigenvalue weighted by Gasteiger charge is 2.17. The lowest BCUT2D eigenvalue weighted by atomic mass is 9.92. The first-order chi connectivity index (χ1) is 7.97. The summed E-state index contributed by atoms with van der Waals surface area (Å²) in [6.45, 7) is 6.21. The van der Waals surface area contributed by atoms with Gasteiger partial charge in [-0.2, -0.15) is 10.2 Å². The number of H-pyrrole nitrogens is 2. The van der Waals surface area contributed by atoms with Crippen molar-refractivity contribution in [2.75, 3.05) is 5.32 Å². The van der Waals surface area contributed by atoms with E-state index in [1.54, 1.807) is 0 Å². The Bertz CT molecular complexity index is 506. The van der Waals surface area contributed by atoms with Crippen molar-refractivity contribution in [2.45, 2.75) is 26.2 Å². The molecule has 3 N–H and O–H groups in total. The van der Waals surface area contributed by atoms with E-state index in [4.69, 9.17) is 0 Å². The summed E-state index contributed by atoms with van der Waals surface area (Å²) in [7, 11) is 0. The summed E-state index contributed by atoms with van der Waals surface area (Å²) in [5, 5.41) is 16.0. The normalized spacial score (nSPS) is 11.5. The van der Waals surface area contributed by atoms with Gasteiger partial charge in [0.25, 0.3) is 5.91 Å². The lowest BCUT2D eigenvalue weighted by Gasteiger charge is -2.14. The van der Waals surface area contributed by atoms with E-state index in [1.807, 2.05) is 6.07 Å². The van der Waals surface area contributed by atoms with E-state index in [0.717, 1.165) is 5.69 Å². The van der Waals surface area contributed by atoms with Gasteiger partial charge in [0.2, 0.25) is 0 Å². The number of carbonyl (C=O) groups is 1. The van der Waals surface area contributed by atoms with E-state index in [2.05, 4.69) is 46.5 Å². The Morgan fingerprint density at radius 1 is 1.41 bits per heavy atom. The third-order valence-corrected chi connectivity index (χ3v) is 2.39. The molecule has 0 aliphatic carbocycles. The molecule has 1 amide bonds. The fraction of sp³-hybridized carbons (Fsp3) is 0.364. The van der Waals surface area contributed by atoms with Crippen LogP contribution in [0.4, 0.5) is 5.82 Å². The van der Waals surface area contributed by atoms with Gasteiger partial charge < -0.3 is 5.32 Å². The van der Waals surface area contributed by atoms with Gasteiger partial charge in [-0.05, 0) is 0 Å². The van der Waals surface area contributed by atoms with Crippen molar-refractivity contribution < 1.29 is 4.79 Å². The number of anilines is 1. The van der Waals surface area contributed by atoms with E-state index in [9.17, 15) is 4.79 Å². The Labute approximate surface area is 98.8 Å². The maximum Gasteiger partial charge on any atom is 0.260 e. The van der Waals surface area contributed by atoms with Crippen molar-refractivity contribution in [2.24, 2.45) is 0 Å². The first kappa shape index (κ1) is 11.4. The molecule has 0 spiro atoms. The maximum absolute atomic E-state index is 11.7. The molecule has 0 atom stereocenters. The summed E-state index contributed by atoms with van der Waals surface area (Å²) in [5.74, 6) is 0.284. The zero-order chi connectivity index (χ0) is 12.5. The standard InChI is InChI=1S/C11H15N5O/c1-11(2,3)8-4-9(16-15-8)14-10(17)7-5-12-13-6-7/h4-6H,1-3H3,(H,12,13)(H2,14,15,16,17). The minimum absolute atomic E-state index is 0.0222. The summed E-state index contributed by atoms with van der Waals surface area (Å²) in [6, 6.07) is 1.83. The molecule has 17 heavy (non-hydrogen) atoms. The third-order valence-electron chi connectivity index (χ3n) is 2.39. The predicted octanol–water partition coefficient (Wildman–Crippen LogP) is 1.68. The molecule has 2 rings (SSSR count). The summed E-state index contributed by atoms with van der Waals surface area (Å²) in [4.78, 5) is 11.7. The Balaban J connectivity index is 2.10. The Morgan fingerprint density at radius 2 is 2.18 bits per heavy atom. The maximum atomic E-state index is 11.7. The first-order valence-corrected chi connectivity index (χ1v) is 5.33. The fourth-order valence-corrected chi connectivity index (χ4v) is 1.33. The van der Waals surface area contributed by atoms with Crippen LogP contribution in [0.15, 0.2) is 18.5 Å². The highest BCUT2D eigenvalue weighted by molar-refractivity contribution is 6.03. The average Bonchev–Trinajstić information content (AvgIpc) is 2.85. The van der Waals surface area contributed by atoms with Crippen LogP contribution in [0.2, 0.25) is 0 Å². The van der Waals surface area contributed by atoms with Gasteiger partial charge in [-0.1, -0.05) is 20.8 Å². The minimum atomic E-state index is -0.231. The topological polar surface area (TPSA) is 86.5 Å². The van der Waals surface area contributed by atoms with Gasteiger partial charge in [0.05, 0.1) is 11.8 Å². The molecule has 90 valence electrons. The zero-order valence-corrected chi connectivity index (χ0v) is 10.0. The van der Waals surface area contributed by atoms with Crippen LogP contribution in [0.25, 0.3) is 0 Å². The number of aromatic nitrogens is 4. The van der Waals surface area contributed by atoms with Crippen molar-refractivity contribution in [3.63, 3.8) is 0 Å². The number of amides is 1. The predicted molar refractivity (Wildman–Crippen MR) is 63.8 cm³/mol. The summed E-state index contributed by atoms with van der Waals surface area (Å²) >= 11 is 0. The van der Waals surface area contributed by atoms with Crippen molar-refractivity contribution in [1.29, 1.82) is 0 Å². The number of hydrogen-bond acceptors (Lipinski definition) is 3. The molecule has 0 radical (unpaired) electrons. The van der Waals surface area contributed by atoms with Crippen LogP contribution in [-0.4, -0.2) is 26.3 Å². The zero-order valence-electron chi connectivity index (χ0n) is 10.0. The number of aromatic amines is 2. The Hall–Kier alpha value is -2.11. The van der Waals surface area contributed by atoms with Crippen LogP contribution in [0.3, 0.4) is 0 Å². The summed E-state index contributed by atoms with van der Waals surface area (Å²) < 4.78 is 0. The van der Waals surface area contributed by atoms with Gasteiger partial charge in [0.1, 0.15) is 0 Å². The highest BCUT2D eigenvalue weighted by atomic mass is 16.1. The number of carbonyl (C=O) groups excluding carboxylic acids is 1. The molecule has 6 heteroatoms. The molecule has 6 nitrogen and oxygen atoms in total. The molecule has 0 aliphatic heterocycles. The quantitative estimate of drug-likeness (QED) is 0.737. The molecular formula is C11H15N5O. The molecule has 0 saturated carbocycles. The SMILES string of the molecule is CC(C)(C)c1cc(NC(=O)c2cn[nH]c2)n[nH]1. The molecule has 0 unspecified atom stereocenters. The molecule has 2 heterocycles. The van der Waals surface area contributed by atoms with Crippen LogP contribution in [0.5, 0.6) is 0 Å². The van der Waals surface area contributed by atoms with Crippen molar-refractivity contribution >= 4 is 11.7 Å². The van der Waals surface area contributed by atoms with Gasteiger partial charge in [-0.25, -0.2) is 0 Å². The van der Waals surface area contributed by atoms with Crippen molar-refractivity contribution in [1.82, 2.24) is 20.4 Å². The third kappa shape index (κ3) is 2.52. The lowest BCUT2D eigenvalue weighted by molar-refractivity contribution is 0.102. The van der Waals surface area contributed by atoms with Gasteiger partial charge in [-0.15, -0.1) is 0 Å². The number of hydrogen-bond donors (Lipinski definition) is 3. The minimum Gasteiger partial charge on any atom is -0.305 e. The van der Waals surface area contributed by atoms with Gasteiger partial charge in [0.15, 0.2) is 5.82 Å². The molecule has 0 bridgehead atoms. The second-order valence-electron chi connectivity index (χ2n) is 4.86. The van der Waals surface area contributed by atoms with Gasteiger partial charge in [-0.3, -0.25) is 15.0 Å². The highest BCUT2D eigenvalue weighted by Crippen LogP contribution is 2.22.